The summed E-state index contributed by atoms with van der Waals surface area (Å²) in [5, 5.41) is 3.19. The van der Waals surface area contributed by atoms with Gasteiger partial charge < -0.3 is 14.6 Å². The van der Waals surface area contributed by atoms with Gasteiger partial charge in [0.15, 0.2) is 0 Å². The van der Waals surface area contributed by atoms with Gasteiger partial charge in [-0.05, 0) is 6.92 Å². The maximum absolute atomic E-state index is 5.21. The van der Waals surface area contributed by atoms with Gasteiger partial charge in [-0.2, -0.15) is 0 Å². The molecule has 1 N–H and O–H groups in total. The van der Waals surface area contributed by atoms with Gasteiger partial charge >= 0.3 is 0 Å². The van der Waals surface area contributed by atoms with Crippen molar-refractivity contribution < 1.29 is 4.74 Å². The highest BCUT2D eigenvalue weighted by atomic mass is 16.5. The summed E-state index contributed by atoms with van der Waals surface area (Å²) >= 11 is 0. The van der Waals surface area contributed by atoms with E-state index in [1.165, 1.54) is 0 Å². The molecule has 1 aromatic rings. The molecule has 0 spiro atoms. The molecular formula is C10H17N3O. The second-order valence-electron chi connectivity index (χ2n) is 2.82. The summed E-state index contributed by atoms with van der Waals surface area (Å²) in [6, 6.07) is 0. The zero-order chi connectivity index (χ0) is 10.2. The van der Waals surface area contributed by atoms with Crippen LogP contribution in [0.5, 0.6) is 0 Å². The Labute approximate surface area is 84.6 Å². The van der Waals surface area contributed by atoms with E-state index in [0.29, 0.717) is 6.61 Å². The molecule has 14 heavy (non-hydrogen) atoms. The van der Waals surface area contributed by atoms with Crippen LogP contribution in [0, 0.1) is 0 Å². The first-order valence-electron chi connectivity index (χ1n) is 4.82. The van der Waals surface area contributed by atoms with Gasteiger partial charge in [-0.1, -0.05) is 6.08 Å². The van der Waals surface area contributed by atoms with Gasteiger partial charge in [0, 0.05) is 32.1 Å². The highest BCUT2D eigenvalue weighted by molar-refractivity contribution is 5.25. The number of anilines is 1. The summed E-state index contributed by atoms with van der Waals surface area (Å²) in [6.07, 6.45) is 5.53. The van der Waals surface area contributed by atoms with Crippen LogP contribution in [0.15, 0.2) is 25.0 Å². The Morgan fingerprint density at radius 3 is 3.29 bits per heavy atom. The van der Waals surface area contributed by atoms with Crippen molar-refractivity contribution in [3.8, 4) is 0 Å². The number of rotatable bonds is 7. The fourth-order valence-corrected chi connectivity index (χ4v) is 1.14. The molecule has 0 radical (unpaired) electrons. The van der Waals surface area contributed by atoms with Crippen LogP contribution >= 0.6 is 0 Å². The van der Waals surface area contributed by atoms with Gasteiger partial charge in [0.1, 0.15) is 0 Å². The van der Waals surface area contributed by atoms with E-state index in [-0.39, 0.29) is 0 Å². The summed E-state index contributed by atoms with van der Waals surface area (Å²) < 4.78 is 7.21. The normalized spacial score (nSPS) is 10.1. The van der Waals surface area contributed by atoms with Crippen molar-refractivity contribution in [3.63, 3.8) is 0 Å². The molecule has 1 heterocycles. The van der Waals surface area contributed by atoms with Crippen LogP contribution in [0.25, 0.3) is 0 Å². The first-order chi connectivity index (χ1) is 6.88. The Balaban J connectivity index is 2.33. The highest BCUT2D eigenvalue weighted by Gasteiger charge is 1.98. The fourth-order valence-electron chi connectivity index (χ4n) is 1.14. The van der Waals surface area contributed by atoms with Gasteiger partial charge in [-0.3, -0.25) is 0 Å². The van der Waals surface area contributed by atoms with E-state index < -0.39 is 0 Å². The molecule has 0 aliphatic heterocycles. The average molecular weight is 195 g/mol. The molecule has 0 unspecified atom stereocenters. The fraction of sp³-hybridized carbons (Fsp3) is 0.500. The van der Waals surface area contributed by atoms with Crippen molar-refractivity contribution in [2.45, 2.75) is 13.5 Å². The second kappa shape index (κ2) is 6.21. The molecule has 1 aromatic heterocycles. The predicted molar refractivity (Wildman–Crippen MR) is 57.4 cm³/mol. The van der Waals surface area contributed by atoms with E-state index in [2.05, 4.69) is 16.9 Å². The number of hydrogen-bond acceptors (Lipinski definition) is 3. The first kappa shape index (κ1) is 10.8. The standard InChI is InChI=1S/C10H17N3O/c1-3-7-13-8-5-11-10(13)12-6-9-14-4-2/h3,5,8H,1,4,6-7,9H2,2H3,(H,11,12). The number of ether oxygens (including phenoxy) is 1. The highest BCUT2D eigenvalue weighted by Crippen LogP contribution is 2.03. The average Bonchev–Trinajstić information content (AvgIpc) is 2.61. The van der Waals surface area contributed by atoms with E-state index in [1.54, 1.807) is 6.20 Å². The molecule has 0 amide bonds. The monoisotopic (exact) mass is 195 g/mol. The molecule has 0 aliphatic rings. The summed E-state index contributed by atoms with van der Waals surface area (Å²) in [6.45, 7) is 8.68. The van der Waals surface area contributed by atoms with Crippen LogP contribution < -0.4 is 5.32 Å². The van der Waals surface area contributed by atoms with Gasteiger partial charge in [0.25, 0.3) is 0 Å². The minimum atomic E-state index is 0.706. The van der Waals surface area contributed by atoms with Crippen LogP contribution in [0.3, 0.4) is 0 Å². The molecule has 78 valence electrons. The molecule has 1 rings (SSSR count). The van der Waals surface area contributed by atoms with Crippen molar-refractivity contribution in [3.05, 3.63) is 25.0 Å². The predicted octanol–water partition coefficient (Wildman–Crippen LogP) is 1.52. The van der Waals surface area contributed by atoms with E-state index >= 15 is 0 Å². The quantitative estimate of drug-likeness (QED) is 0.529. The van der Waals surface area contributed by atoms with Gasteiger partial charge in [-0.15, -0.1) is 6.58 Å². The minimum Gasteiger partial charge on any atom is -0.380 e. The number of nitrogens with zero attached hydrogens (tertiary/aromatic N) is 2. The zero-order valence-electron chi connectivity index (χ0n) is 8.57. The number of imidazole rings is 1. The third-order valence-corrected chi connectivity index (χ3v) is 1.77. The van der Waals surface area contributed by atoms with Gasteiger partial charge in [0.2, 0.25) is 5.95 Å². The Morgan fingerprint density at radius 2 is 2.57 bits per heavy atom. The van der Waals surface area contributed by atoms with Crippen molar-refractivity contribution in [2.75, 3.05) is 25.1 Å². The topological polar surface area (TPSA) is 39.1 Å². The van der Waals surface area contributed by atoms with Crippen LogP contribution in [0.2, 0.25) is 0 Å². The lowest BCUT2D eigenvalue weighted by molar-refractivity contribution is 0.158. The second-order valence-corrected chi connectivity index (χ2v) is 2.82. The van der Waals surface area contributed by atoms with E-state index in [0.717, 1.165) is 25.6 Å². The molecule has 0 saturated carbocycles. The first-order valence-corrected chi connectivity index (χ1v) is 4.82. The lowest BCUT2D eigenvalue weighted by atomic mass is 10.6. The van der Waals surface area contributed by atoms with Crippen molar-refractivity contribution >= 4 is 5.95 Å². The molecule has 0 atom stereocenters. The van der Waals surface area contributed by atoms with Crippen LogP contribution in [0.4, 0.5) is 5.95 Å². The van der Waals surface area contributed by atoms with Gasteiger partial charge in [-0.25, -0.2) is 4.98 Å². The molecule has 0 fully saturated rings. The third kappa shape index (κ3) is 3.22. The number of nitrogens with one attached hydrogen (secondary N) is 1. The van der Waals surface area contributed by atoms with Gasteiger partial charge in [0.05, 0.1) is 6.61 Å². The van der Waals surface area contributed by atoms with E-state index in [4.69, 9.17) is 4.74 Å². The lowest BCUT2D eigenvalue weighted by Gasteiger charge is -2.07. The van der Waals surface area contributed by atoms with Crippen molar-refractivity contribution in [2.24, 2.45) is 0 Å². The smallest absolute Gasteiger partial charge is 0.203 e. The van der Waals surface area contributed by atoms with Crippen molar-refractivity contribution in [1.82, 2.24) is 9.55 Å². The molecule has 4 nitrogen and oxygen atoms in total. The summed E-state index contributed by atoms with van der Waals surface area (Å²) in [4.78, 5) is 4.18. The Morgan fingerprint density at radius 1 is 1.71 bits per heavy atom. The number of hydrogen-bond donors (Lipinski definition) is 1. The molecule has 0 saturated heterocycles. The molecule has 0 aliphatic carbocycles. The maximum atomic E-state index is 5.21. The van der Waals surface area contributed by atoms with E-state index in [1.807, 2.05) is 23.8 Å². The lowest BCUT2D eigenvalue weighted by Crippen LogP contribution is -2.12. The zero-order valence-corrected chi connectivity index (χ0v) is 8.57. The molecule has 4 heteroatoms. The van der Waals surface area contributed by atoms with Crippen LogP contribution in [-0.2, 0) is 11.3 Å². The summed E-state index contributed by atoms with van der Waals surface area (Å²) in [7, 11) is 0. The number of aromatic nitrogens is 2. The maximum Gasteiger partial charge on any atom is 0.203 e. The minimum absolute atomic E-state index is 0.706. The summed E-state index contributed by atoms with van der Waals surface area (Å²) in [5.41, 5.74) is 0. The number of allylic oxidation sites excluding steroid dienone is 1. The van der Waals surface area contributed by atoms with Crippen LogP contribution in [-0.4, -0.2) is 29.3 Å². The third-order valence-electron chi connectivity index (χ3n) is 1.77. The largest absolute Gasteiger partial charge is 0.380 e. The Bertz CT molecular complexity index is 270. The van der Waals surface area contributed by atoms with Crippen LogP contribution in [0.1, 0.15) is 6.92 Å². The molecular weight excluding hydrogens is 178 g/mol. The Kier molecular flexibility index (Phi) is 4.78. The molecule has 0 bridgehead atoms. The SMILES string of the molecule is C=CCn1ccnc1NCCOCC. The molecule has 0 aromatic carbocycles. The van der Waals surface area contributed by atoms with Crippen molar-refractivity contribution in [1.29, 1.82) is 0 Å². The summed E-state index contributed by atoms with van der Waals surface area (Å²) in [5.74, 6) is 0.865. The van der Waals surface area contributed by atoms with E-state index in [9.17, 15) is 0 Å². The Hall–Kier alpha value is -1.29.